The van der Waals surface area contributed by atoms with Gasteiger partial charge in [0.15, 0.2) is 0 Å². The molecule has 0 aliphatic heterocycles. The molecule has 31 heavy (non-hydrogen) atoms. The Morgan fingerprint density at radius 1 is 1.03 bits per heavy atom. The number of rotatable bonds is 7. The number of carbonyl (C=O) groups is 2. The molecular weight excluding hydrogens is 390 g/mol. The maximum atomic E-state index is 12.8. The summed E-state index contributed by atoms with van der Waals surface area (Å²) in [5, 5.41) is 5.61. The van der Waals surface area contributed by atoms with Gasteiger partial charge in [0.2, 0.25) is 11.9 Å². The van der Waals surface area contributed by atoms with E-state index in [1.807, 2.05) is 67.1 Å². The minimum Gasteiger partial charge on any atom is -0.338 e. The molecule has 0 aliphatic rings. The zero-order valence-electron chi connectivity index (χ0n) is 18.5. The highest BCUT2D eigenvalue weighted by atomic mass is 16.2. The molecule has 3 aromatic rings. The van der Waals surface area contributed by atoms with E-state index in [-0.39, 0.29) is 18.5 Å². The minimum absolute atomic E-state index is 0.0528. The van der Waals surface area contributed by atoms with Crippen LogP contribution in [0.4, 0.5) is 10.7 Å². The fourth-order valence-electron chi connectivity index (χ4n) is 3.22. The summed E-state index contributed by atoms with van der Waals surface area (Å²) in [6.45, 7) is 8.68. The van der Waals surface area contributed by atoms with E-state index in [9.17, 15) is 9.59 Å². The van der Waals surface area contributed by atoms with Crippen LogP contribution in [0, 0.1) is 13.8 Å². The van der Waals surface area contributed by atoms with Crippen molar-refractivity contribution in [3.63, 3.8) is 0 Å². The monoisotopic (exact) mass is 419 g/mol. The predicted molar refractivity (Wildman–Crippen MR) is 123 cm³/mol. The molecule has 2 aromatic carbocycles. The third-order valence-electron chi connectivity index (χ3n) is 5.13. The lowest BCUT2D eigenvalue weighted by Crippen LogP contribution is -2.43. The summed E-state index contributed by atoms with van der Waals surface area (Å²) in [7, 11) is 0. The summed E-state index contributed by atoms with van der Waals surface area (Å²) < 4.78 is 1.87. The van der Waals surface area contributed by atoms with E-state index in [4.69, 9.17) is 0 Å². The van der Waals surface area contributed by atoms with Gasteiger partial charge in [-0.3, -0.25) is 14.7 Å². The van der Waals surface area contributed by atoms with Crippen LogP contribution in [0.15, 0.2) is 54.7 Å². The quantitative estimate of drug-likeness (QED) is 0.604. The molecule has 7 heteroatoms. The highest BCUT2D eigenvalue weighted by molar-refractivity contribution is 5.93. The van der Waals surface area contributed by atoms with Gasteiger partial charge in [-0.15, -0.1) is 0 Å². The molecule has 0 fully saturated rings. The first-order valence-electron chi connectivity index (χ1n) is 10.5. The van der Waals surface area contributed by atoms with Crippen molar-refractivity contribution in [2.45, 2.75) is 27.7 Å². The SMILES string of the molecule is CCNC(=O)N(CC)CC(=O)Nc1nc(-c2ccccc2)cn1-c1ccc(C)c(C)c1. The number of hydrogen-bond acceptors (Lipinski definition) is 3. The molecule has 0 unspecified atom stereocenters. The summed E-state index contributed by atoms with van der Waals surface area (Å²) >= 11 is 0. The van der Waals surface area contributed by atoms with E-state index in [1.54, 1.807) is 0 Å². The topological polar surface area (TPSA) is 79.3 Å². The molecule has 0 spiro atoms. The number of aromatic nitrogens is 2. The molecule has 3 amide bonds. The molecule has 1 aromatic heterocycles. The number of anilines is 1. The molecule has 0 saturated carbocycles. The average Bonchev–Trinajstić information content (AvgIpc) is 3.18. The number of nitrogens with one attached hydrogen (secondary N) is 2. The van der Waals surface area contributed by atoms with Crippen LogP contribution in [-0.4, -0.2) is 46.0 Å². The van der Waals surface area contributed by atoms with Crippen molar-refractivity contribution in [3.05, 3.63) is 65.9 Å². The van der Waals surface area contributed by atoms with E-state index in [1.165, 1.54) is 10.5 Å². The summed E-state index contributed by atoms with van der Waals surface area (Å²) in [5.74, 6) is 0.113. The van der Waals surface area contributed by atoms with Crippen LogP contribution < -0.4 is 10.6 Å². The molecule has 2 N–H and O–H groups in total. The lowest BCUT2D eigenvalue weighted by molar-refractivity contribution is -0.116. The maximum absolute atomic E-state index is 12.8. The van der Waals surface area contributed by atoms with Crippen LogP contribution in [0.25, 0.3) is 16.9 Å². The fraction of sp³-hybridized carbons (Fsp3) is 0.292. The number of carbonyl (C=O) groups excluding carboxylic acids is 2. The number of amides is 3. The van der Waals surface area contributed by atoms with Crippen molar-refractivity contribution in [1.29, 1.82) is 0 Å². The molecule has 162 valence electrons. The van der Waals surface area contributed by atoms with Crippen LogP contribution in [0.1, 0.15) is 25.0 Å². The Bertz CT molecular complexity index is 1060. The molecule has 0 atom stereocenters. The van der Waals surface area contributed by atoms with Gasteiger partial charge in [0.1, 0.15) is 6.54 Å². The molecule has 7 nitrogen and oxygen atoms in total. The Morgan fingerprint density at radius 2 is 1.77 bits per heavy atom. The molecular formula is C24H29N5O2. The first-order valence-corrected chi connectivity index (χ1v) is 10.5. The lowest BCUT2D eigenvalue weighted by Gasteiger charge is -2.20. The minimum atomic E-state index is -0.302. The van der Waals surface area contributed by atoms with E-state index < -0.39 is 0 Å². The zero-order chi connectivity index (χ0) is 22.4. The van der Waals surface area contributed by atoms with Gasteiger partial charge in [-0.1, -0.05) is 36.4 Å². The Balaban J connectivity index is 1.92. The van der Waals surface area contributed by atoms with Gasteiger partial charge in [0.05, 0.1) is 5.69 Å². The van der Waals surface area contributed by atoms with Crippen molar-refractivity contribution in [2.24, 2.45) is 0 Å². The van der Waals surface area contributed by atoms with E-state index >= 15 is 0 Å². The average molecular weight is 420 g/mol. The second kappa shape index (κ2) is 9.93. The Labute approximate surface area is 183 Å². The van der Waals surface area contributed by atoms with Crippen LogP contribution in [0.5, 0.6) is 0 Å². The molecule has 0 aliphatic carbocycles. The second-order valence-electron chi connectivity index (χ2n) is 7.35. The molecule has 0 saturated heterocycles. The van der Waals surface area contributed by atoms with Crippen LogP contribution in [-0.2, 0) is 4.79 Å². The number of aryl methyl sites for hydroxylation is 2. The molecule has 0 bridgehead atoms. The van der Waals surface area contributed by atoms with E-state index in [2.05, 4.69) is 35.5 Å². The summed E-state index contributed by atoms with van der Waals surface area (Å²) in [6, 6.07) is 15.7. The first kappa shape index (κ1) is 22.1. The zero-order valence-corrected chi connectivity index (χ0v) is 18.5. The Hall–Kier alpha value is -3.61. The van der Waals surface area contributed by atoms with Crippen LogP contribution in [0.3, 0.4) is 0 Å². The van der Waals surface area contributed by atoms with Gasteiger partial charge in [0.25, 0.3) is 0 Å². The third-order valence-corrected chi connectivity index (χ3v) is 5.13. The highest BCUT2D eigenvalue weighted by Gasteiger charge is 2.18. The largest absolute Gasteiger partial charge is 0.338 e. The maximum Gasteiger partial charge on any atom is 0.317 e. The molecule has 1 heterocycles. The number of imidazole rings is 1. The third kappa shape index (κ3) is 5.31. The van der Waals surface area contributed by atoms with Gasteiger partial charge >= 0.3 is 6.03 Å². The number of likely N-dealkylation sites (N-methyl/N-ethyl adjacent to an activating group) is 1. The van der Waals surface area contributed by atoms with Gasteiger partial charge in [0, 0.05) is 30.5 Å². The van der Waals surface area contributed by atoms with Crippen LogP contribution in [0.2, 0.25) is 0 Å². The summed E-state index contributed by atoms with van der Waals surface area (Å²) in [4.78, 5) is 31.0. The predicted octanol–water partition coefficient (Wildman–Crippen LogP) is 4.15. The fourth-order valence-corrected chi connectivity index (χ4v) is 3.22. The normalized spacial score (nSPS) is 10.6. The van der Waals surface area contributed by atoms with E-state index in [0.29, 0.717) is 19.0 Å². The summed E-state index contributed by atoms with van der Waals surface area (Å²) in [6.07, 6.45) is 1.91. The van der Waals surface area contributed by atoms with Gasteiger partial charge in [-0.25, -0.2) is 9.78 Å². The number of urea groups is 1. The van der Waals surface area contributed by atoms with Crippen molar-refractivity contribution in [2.75, 3.05) is 25.0 Å². The number of hydrogen-bond donors (Lipinski definition) is 2. The van der Waals surface area contributed by atoms with Crippen molar-refractivity contribution < 1.29 is 9.59 Å². The van der Waals surface area contributed by atoms with Crippen molar-refractivity contribution >= 4 is 17.9 Å². The second-order valence-corrected chi connectivity index (χ2v) is 7.35. The standard InChI is InChI=1S/C24H29N5O2/c1-5-25-24(31)28(6-2)16-22(30)27-23-26-21(19-10-8-7-9-11-19)15-29(23)20-13-12-17(3)18(4)14-20/h7-15H,5-6,16H2,1-4H3,(H,25,31)(H,26,27,30). The Kier molecular flexibility index (Phi) is 7.07. The molecule has 3 rings (SSSR count). The van der Waals surface area contributed by atoms with Crippen LogP contribution >= 0.6 is 0 Å². The highest BCUT2D eigenvalue weighted by Crippen LogP contribution is 2.25. The number of nitrogens with zero attached hydrogens (tertiary/aromatic N) is 3. The van der Waals surface area contributed by atoms with Gasteiger partial charge in [-0.05, 0) is 51.0 Å². The van der Waals surface area contributed by atoms with Crippen molar-refractivity contribution in [3.8, 4) is 16.9 Å². The lowest BCUT2D eigenvalue weighted by atomic mass is 10.1. The molecule has 0 radical (unpaired) electrons. The Morgan fingerprint density at radius 3 is 2.42 bits per heavy atom. The van der Waals surface area contributed by atoms with Gasteiger partial charge in [-0.2, -0.15) is 0 Å². The first-order chi connectivity index (χ1) is 14.9. The number of benzene rings is 2. The summed E-state index contributed by atoms with van der Waals surface area (Å²) in [5.41, 5.74) is 4.96. The van der Waals surface area contributed by atoms with Gasteiger partial charge < -0.3 is 10.2 Å². The van der Waals surface area contributed by atoms with Crippen molar-refractivity contribution in [1.82, 2.24) is 19.8 Å². The smallest absolute Gasteiger partial charge is 0.317 e. The van der Waals surface area contributed by atoms with E-state index in [0.717, 1.165) is 22.5 Å².